The maximum atomic E-state index is 13.4. The molecule has 1 fully saturated rings. The van der Waals surface area contributed by atoms with E-state index >= 15 is 0 Å². The van der Waals surface area contributed by atoms with Gasteiger partial charge in [0.15, 0.2) is 0 Å². The first-order valence-electron chi connectivity index (χ1n) is 7.78. The number of halogens is 4. The van der Waals surface area contributed by atoms with Crippen LogP contribution in [0.3, 0.4) is 0 Å². The van der Waals surface area contributed by atoms with Gasteiger partial charge in [0.05, 0.1) is 11.0 Å². The van der Waals surface area contributed by atoms with Crippen LogP contribution < -0.4 is 10.6 Å². The lowest BCUT2D eigenvalue weighted by atomic mass is 10.2. The number of nitrogens with zero attached hydrogens (tertiary/aromatic N) is 2. The summed E-state index contributed by atoms with van der Waals surface area (Å²) in [7, 11) is -1.88. The molecule has 0 spiro atoms. The molecular weight excluding hydrogens is 390 g/mol. The third-order valence-corrected chi connectivity index (χ3v) is 7.71. The Labute approximate surface area is 153 Å². The van der Waals surface area contributed by atoms with Gasteiger partial charge in [0.1, 0.15) is 11.4 Å². The molecule has 140 valence electrons. The average Bonchev–Trinajstić information content (AvgIpc) is 3.31. The number of benzene rings is 1. The van der Waals surface area contributed by atoms with Gasteiger partial charge in [-0.2, -0.15) is 18.2 Å². The lowest BCUT2D eigenvalue weighted by Gasteiger charge is -2.21. The zero-order valence-corrected chi connectivity index (χ0v) is 15.6. The van der Waals surface area contributed by atoms with Gasteiger partial charge in [-0.1, -0.05) is 19.1 Å². The van der Waals surface area contributed by atoms with Crippen molar-refractivity contribution < 1.29 is 22.3 Å². The zero-order valence-electron chi connectivity index (χ0n) is 13.9. The molecule has 5 nitrogen and oxygen atoms in total. The Kier molecular flexibility index (Phi) is 5.03. The van der Waals surface area contributed by atoms with Gasteiger partial charge in [-0.15, -0.1) is 0 Å². The average molecular weight is 406 g/mol. The molecule has 1 N–H and O–H groups in total. The number of alkyl halides is 3. The molecule has 2 aromatic rings. The van der Waals surface area contributed by atoms with E-state index in [9.17, 15) is 17.7 Å². The van der Waals surface area contributed by atoms with Crippen molar-refractivity contribution in [1.82, 2.24) is 9.97 Å². The number of rotatable bonds is 5. The van der Waals surface area contributed by atoms with Crippen LogP contribution in [-0.4, -0.2) is 22.7 Å². The van der Waals surface area contributed by atoms with E-state index in [1.54, 1.807) is 18.2 Å². The van der Waals surface area contributed by atoms with Gasteiger partial charge in [-0.05, 0) is 36.1 Å². The van der Waals surface area contributed by atoms with Crippen LogP contribution in [0.5, 0.6) is 0 Å². The van der Waals surface area contributed by atoms with Crippen LogP contribution in [0.4, 0.5) is 24.7 Å². The third-order valence-electron chi connectivity index (χ3n) is 4.33. The summed E-state index contributed by atoms with van der Waals surface area (Å²) in [5.74, 6) is -0.274. The van der Waals surface area contributed by atoms with E-state index in [-0.39, 0.29) is 22.5 Å². The highest BCUT2D eigenvalue weighted by molar-refractivity contribution is 7.68. The summed E-state index contributed by atoms with van der Waals surface area (Å²) in [6.45, 7) is 1.96. The first-order chi connectivity index (χ1) is 12.2. The summed E-state index contributed by atoms with van der Waals surface area (Å²) in [6.07, 6.45) is -3.32. The molecule has 0 amide bonds. The molecule has 1 aromatic heterocycles. The Hall–Kier alpha value is -1.63. The quantitative estimate of drug-likeness (QED) is 0.569. The van der Waals surface area contributed by atoms with E-state index in [2.05, 4.69) is 15.3 Å². The monoisotopic (exact) mass is 405 g/mol. The van der Waals surface area contributed by atoms with Crippen molar-refractivity contribution in [2.45, 2.75) is 25.2 Å². The number of hydrogen-bond donors (Lipinski definition) is 1. The van der Waals surface area contributed by atoms with Crippen LogP contribution in [0.1, 0.15) is 18.9 Å². The SMILES string of the molecule is COP(=O)(c1ccccc1Nc1nc(Cl)ncc1C(F)(F)F)C1CC1C. The predicted molar refractivity (Wildman–Crippen MR) is 93.6 cm³/mol. The highest BCUT2D eigenvalue weighted by atomic mass is 35.5. The van der Waals surface area contributed by atoms with Crippen LogP contribution in [0.15, 0.2) is 30.5 Å². The molecule has 1 aliphatic carbocycles. The predicted octanol–water partition coefficient (Wildman–Crippen LogP) is 4.85. The minimum Gasteiger partial charge on any atom is -0.339 e. The fourth-order valence-corrected chi connectivity index (χ4v) is 5.83. The topological polar surface area (TPSA) is 64.1 Å². The number of anilines is 2. The molecule has 1 heterocycles. The fraction of sp³-hybridized carbons (Fsp3) is 0.375. The fourth-order valence-electron chi connectivity index (χ4n) is 2.83. The van der Waals surface area contributed by atoms with E-state index < -0.39 is 24.9 Å². The molecule has 0 saturated heterocycles. The van der Waals surface area contributed by atoms with Crippen LogP contribution in [0, 0.1) is 5.92 Å². The lowest BCUT2D eigenvalue weighted by molar-refractivity contribution is -0.137. The molecule has 1 aromatic carbocycles. The van der Waals surface area contributed by atoms with Crippen molar-refractivity contribution in [3.63, 3.8) is 0 Å². The van der Waals surface area contributed by atoms with Gasteiger partial charge in [-0.25, -0.2) is 4.98 Å². The summed E-state index contributed by atoms with van der Waals surface area (Å²) >= 11 is 5.66. The van der Waals surface area contributed by atoms with Crippen molar-refractivity contribution in [3.05, 3.63) is 41.3 Å². The smallest absolute Gasteiger partial charge is 0.339 e. The first kappa shape index (κ1) is 19.1. The molecule has 3 unspecified atom stereocenters. The molecule has 0 aliphatic heterocycles. The van der Waals surface area contributed by atoms with Crippen LogP contribution in [0.2, 0.25) is 5.28 Å². The molecule has 3 rings (SSSR count). The van der Waals surface area contributed by atoms with Crippen LogP contribution in [-0.2, 0) is 15.3 Å². The second-order valence-corrected chi connectivity index (χ2v) is 9.14. The lowest BCUT2D eigenvalue weighted by Crippen LogP contribution is -2.17. The van der Waals surface area contributed by atoms with Crippen LogP contribution >= 0.6 is 19.0 Å². The molecular formula is C16H16ClF3N3O2P. The minimum atomic E-state index is -4.67. The standard InChI is InChI=1S/C16H16ClF3N3O2P/c1-9-7-13(9)26(24,25-2)12-6-4-3-5-11(12)22-14-10(16(18,19)20)8-21-15(17)23-14/h3-6,8-9,13H,7H2,1-2H3,(H,21,22,23). The Morgan fingerprint density at radius 1 is 1.35 bits per heavy atom. The first-order valence-corrected chi connectivity index (χ1v) is 9.86. The van der Waals surface area contributed by atoms with Crippen molar-refractivity contribution in [1.29, 1.82) is 0 Å². The second kappa shape index (κ2) is 6.83. The van der Waals surface area contributed by atoms with E-state index in [4.69, 9.17) is 16.1 Å². The molecule has 3 atom stereocenters. The highest BCUT2D eigenvalue weighted by Crippen LogP contribution is 2.64. The molecule has 1 aliphatic rings. The number of hydrogen-bond acceptors (Lipinski definition) is 5. The summed E-state index contributed by atoms with van der Waals surface area (Å²) < 4.78 is 58.4. The maximum absolute atomic E-state index is 13.4. The molecule has 10 heteroatoms. The minimum absolute atomic E-state index is 0.147. The Balaban J connectivity index is 2.06. The Morgan fingerprint density at radius 3 is 2.58 bits per heavy atom. The molecule has 0 radical (unpaired) electrons. The second-order valence-electron chi connectivity index (χ2n) is 6.10. The van der Waals surface area contributed by atoms with E-state index in [0.717, 1.165) is 6.42 Å². The van der Waals surface area contributed by atoms with Crippen molar-refractivity contribution in [2.24, 2.45) is 5.92 Å². The van der Waals surface area contributed by atoms with Gasteiger partial charge in [-0.3, -0.25) is 4.57 Å². The van der Waals surface area contributed by atoms with E-state index in [1.807, 2.05) is 6.92 Å². The largest absolute Gasteiger partial charge is 0.421 e. The van der Waals surface area contributed by atoms with Gasteiger partial charge in [0.2, 0.25) is 12.7 Å². The van der Waals surface area contributed by atoms with E-state index in [0.29, 0.717) is 11.5 Å². The summed E-state index contributed by atoms with van der Waals surface area (Å²) in [5.41, 5.74) is -0.979. The van der Waals surface area contributed by atoms with Crippen molar-refractivity contribution >= 4 is 35.8 Å². The summed E-state index contributed by atoms with van der Waals surface area (Å²) in [5, 5.41) is 2.62. The normalized spacial score (nSPS) is 21.9. The van der Waals surface area contributed by atoms with Gasteiger partial charge < -0.3 is 9.84 Å². The summed E-state index contributed by atoms with van der Waals surface area (Å²) in [4.78, 5) is 7.05. The van der Waals surface area contributed by atoms with Gasteiger partial charge in [0.25, 0.3) is 0 Å². The van der Waals surface area contributed by atoms with Crippen molar-refractivity contribution in [3.8, 4) is 0 Å². The Bertz CT molecular complexity index is 878. The third kappa shape index (κ3) is 3.59. The maximum Gasteiger partial charge on any atom is 0.421 e. The van der Waals surface area contributed by atoms with Crippen LogP contribution in [0.25, 0.3) is 0 Å². The Morgan fingerprint density at radius 2 is 2.00 bits per heavy atom. The van der Waals surface area contributed by atoms with Gasteiger partial charge >= 0.3 is 6.18 Å². The number of aromatic nitrogens is 2. The van der Waals surface area contributed by atoms with Gasteiger partial charge in [0, 0.05) is 19.0 Å². The van der Waals surface area contributed by atoms with Crippen molar-refractivity contribution in [2.75, 3.05) is 12.4 Å². The highest BCUT2D eigenvalue weighted by Gasteiger charge is 2.50. The zero-order chi connectivity index (χ0) is 19.1. The number of para-hydroxylation sites is 1. The molecule has 26 heavy (non-hydrogen) atoms. The van der Waals surface area contributed by atoms with E-state index in [1.165, 1.54) is 13.2 Å². The number of nitrogens with one attached hydrogen (secondary N) is 1. The molecule has 0 bridgehead atoms. The summed E-state index contributed by atoms with van der Waals surface area (Å²) in [6, 6.07) is 6.41. The molecule has 1 saturated carbocycles.